The van der Waals surface area contributed by atoms with Crippen LogP contribution < -0.4 is 0 Å². The highest BCUT2D eigenvalue weighted by Crippen LogP contribution is 2.44. The summed E-state index contributed by atoms with van der Waals surface area (Å²) < 4.78 is 2.31. The van der Waals surface area contributed by atoms with Crippen LogP contribution >= 0.6 is 0 Å². The second-order valence-electron chi connectivity index (χ2n) is 16.3. The van der Waals surface area contributed by atoms with E-state index in [2.05, 4.69) is 122 Å². The van der Waals surface area contributed by atoms with Crippen molar-refractivity contribution in [2.75, 3.05) is 0 Å². The maximum Gasteiger partial charge on any atom is 0.162 e. The summed E-state index contributed by atoms with van der Waals surface area (Å²) in [6.45, 7) is 4.30. The molecule has 0 radical (unpaired) electrons. The van der Waals surface area contributed by atoms with Crippen LogP contribution in [-0.2, 0) is 0 Å². The van der Waals surface area contributed by atoms with E-state index in [4.69, 9.17) is 19.9 Å². The molecule has 0 saturated heterocycles. The van der Waals surface area contributed by atoms with Gasteiger partial charge in [-0.25, -0.2) is 19.9 Å². The van der Waals surface area contributed by atoms with Crippen LogP contribution in [0.4, 0.5) is 0 Å². The number of benzene rings is 8. The Morgan fingerprint density at radius 2 is 0.892 bits per heavy atom. The van der Waals surface area contributed by atoms with E-state index >= 15 is 0 Å². The molecule has 306 valence electrons. The third-order valence-electron chi connectivity index (χ3n) is 12.0. The van der Waals surface area contributed by atoms with E-state index in [0.29, 0.717) is 28.5 Å². The molecule has 6 nitrogen and oxygen atoms in total. The van der Waals surface area contributed by atoms with Gasteiger partial charge in [0.05, 0.1) is 51.1 Å². The first-order valence-corrected chi connectivity index (χ1v) is 21.7. The molecule has 11 aromatic rings. The van der Waals surface area contributed by atoms with Crippen molar-refractivity contribution in [1.82, 2.24) is 24.5 Å². The summed E-state index contributed by atoms with van der Waals surface area (Å²) >= 11 is 0. The molecular weight excluding hydrogens is 793 g/mol. The number of hydrogen-bond acceptors (Lipinski definition) is 5. The molecule has 0 unspecified atom stereocenters. The van der Waals surface area contributed by atoms with Crippen LogP contribution in [0, 0.1) is 25.2 Å². The van der Waals surface area contributed by atoms with Crippen LogP contribution in [0.1, 0.15) is 16.7 Å². The Labute approximate surface area is 377 Å². The molecule has 6 heteroatoms. The molecule has 0 amide bonds. The molecule has 0 saturated carbocycles. The number of nitrogens with zero attached hydrogens (tertiary/aromatic N) is 6. The fourth-order valence-corrected chi connectivity index (χ4v) is 8.96. The minimum Gasteiger partial charge on any atom is -0.308 e. The van der Waals surface area contributed by atoms with E-state index in [1.165, 1.54) is 16.7 Å². The van der Waals surface area contributed by atoms with Crippen LogP contribution in [0.15, 0.2) is 206 Å². The van der Waals surface area contributed by atoms with Gasteiger partial charge in [0.2, 0.25) is 0 Å². The highest BCUT2D eigenvalue weighted by molar-refractivity contribution is 6.12. The molecule has 0 N–H and O–H groups in total. The normalized spacial score (nSPS) is 11.2. The number of hydrogen-bond donors (Lipinski definition) is 0. The Kier molecular flexibility index (Phi) is 9.91. The standard InChI is InChI=1S/C59H40N6/c1-38-27-29-46(39(2)31-38)45-28-30-56-48(34-45)47-25-15-16-26-55(47)65(56)57-49(54-36-53(43-21-11-5-12-22-43)61-58(64-54)44-23-13-6-14-24-44)32-40(37-60)33-50(57)59-62-51(41-17-7-3-8-18-41)35-52(63-59)42-19-9-4-10-20-42/h3-36H,1-2H3. The van der Waals surface area contributed by atoms with Gasteiger partial charge in [0.25, 0.3) is 0 Å². The summed E-state index contributed by atoms with van der Waals surface area (Å²) in [4.78, 5) is 21.3. The van der Waals surface area contributed by atoms with Crippen LogP contribution in [0.3, 0.4) is 0 Å². The average Bonchev–Trinajstić information content (AvgIpc) is 3.70. The zero-order valence-corrected chi connectivity index (χ0v) is 35.8. The lowest BCUT2D eigenvalue weighted by molar-refractivity contribution is 1.13. The van der Waals surface area contributed by atoms with Gasteiger partial charge in [0, 0.05) is 44.2 Å². The molecule has 0 spiro atoms. The molecule has 0 fully saturated rings. The molecule has 65 heavy (non-hydrogen) atoms. The number of aryl methyl sites for hydroxylation is 2. The van der Waals surface area contributed by atoms with E-state index in [-0.39, 0.29) is 0 Å². The van der Waals surface area contributed by atoms with Crippen molar-refractivity contribution in [2.24, 2.45) is 0 Å². The summed E-state index contributed by atoms with van der Waals surface area (Å²) in [6, 6.07) is 72.9. The van der Waals surface area contributed by atoms with Gasteiger partial charge in [-0.05, 0) is 73.0 Å². The highest BCUT2D eigenvalue weighted by atomic mass is 15.0. The van der Waals surface area contributed by atoms with Crippen molar-refractivity contribution in [3.05, 3.63) is 223 Å². The van der Waals surface area contributed by atoms with E-state index < -0.39 is 0 Å². The minimum absolute atomic E-state index is 0.452. The van der Waals surface area contributed by atoms with Crippen molar-refractivity contribution in [3.8, 4) is 90.7 Å². The number of fused-ring (bicyclic) bond motifs is 3. The molecule has 11 rings (SSSR count). The van der Waals surface area contributed by atoms with Gasteiger partial charge in [0.15, 0.2) is 11.6 Å². The minimum atomic E-state index is 0.452. The van der Waals surface area contributed by atoms with E-state index in [1.807, 2.05) is 109 Å². The fourth-order valence-electron chi connectivity index (χ4n) is 8.96. The van der Waals surface area contributed by atoms with Crippen LogP contribution in [0.25, 0.3) is 106 Å². The number of aromatic nitrogens is 5. The van der Waals surface area contributed by atoms with Crippen LogP contribution in [0.2, 0.25) is 0 Å². The van der Waals surface area contributed by atoms with Crippen molar-refractivity contribution < 1.29 is 0 Å². The summed E-state index contributed by atoms with van der Waals surface area (Å²) in [5.74, 6) is 1.06. The molecule has 0 aliphatic carbocycles. The predicted octanol–water partition coefficient (Wildman–Crippen LogP) is 14.5. The molecule has 3 aromatic heterocycles. The molecular formula is C59H40N6. The van der Waals surface area contributed by atoms with E-state index in [0.717, 1.165) is 78.0 Å². The van der Waals surface area contributed by atoms with Crippen molar-refractivity contribution in [2.45, 2.75) is 13.8 Å². The molecule has 3 heterocycles. The summed E-state index contributed by atoms with van der Waals surface area (Å²) in [5.41, 5.74) is 16.2. The lowest BCUT2D eigenvalue weighted by Crippen LogP contribution is -2.06. The van der Waals surface area contributed by atoms with Crippen LogP contribution in [0.5, 0.6) is 0 Å². The smallest absolute Gasteiger partial charge is 0.162 e. The molecule has 0 atom stereocenters. The van der Waals surface area contributed by atoms with Gasteiger partial charge in [-0.3, -0.25) is 0 Å². The Balaban J connectivity index is 1.28. The topological polar surface area (TPSA) is 80.3 Å². The summed E-state index contributed by atoms with van der Waals surface area (Å²) in [5, 5.41) is 13.1. The van der Waals surface area contributed by atoms with E-state index in [1.54, 1.807) is 0 Å². The molecule has 0 aliphatic rings. The first-order chi connectivity index (χ1) is 32.0. The third kappa shape index (κ3) is 7.31. The van der Waals surface area contributed by atoms with Crippen molar-refractivity contribution in [3.63, 3.8) is 0 Å². The molecule has 8 aromatic carbocycles. The van der Waals surface area contributed by atoms with E-state index in [9.17, 15) is 5.26 Å². The number of rotatable bonds is 8. The van der Waals surface area contributed by atoms with Gasteiger partial charge in [-0.15, -0.1) is 0 Å². The zero-order valence-electron chi connectivity index (χ0n) is 35.8. The second kappa shape index (κ2) is 16.5. The van der Waals surface area contributed by atoms with Gasteiger partial charge in [0.1, 0.15) is 0 Å². The van der Waals surface area contributed by atoms with Crippen molar-refractivity contribution in [1.29, 1.82) is 5.26 Å². The highest BCUT2D eigenvalue weighted by Gasteiger charge is 2.25. The largest absolute Gasteiger partial charge is 0.308 e. The first-order valence-electron chi connectivity index (χ1n) is 21.7. The number of nitriles is 1. The van der Waals surface area contributed by atoms with Gasteiger partial charge in [-0.1, -0.05) is 169 Å². The third-order valence-corrected chi connectivity index (χ3v) is 12.0. The van der Waals surface area contributed by atoms with Crippen LogP contribution in [-0.4, -0.2) is 24.5 Å². The second-order valence-corrected chi connectivity index (χ2v) is 16.3. The van der Waals surface area contributed by atoms with Crippen molar-refractivity contribution >= 4 is 21.8 Å². The molecule has 0 bridgehead atoms. The van der Waals surface area contributed by atoms with Gasteiger partial charge >= 0.3 is 0 Å². The van der Waals surface area contributed by atoms with Gasteiger partial charge in [-0.2, -0.15) is 5.26 Å². The average molecular weight is 833 g/mol. The lowest BCUT2D eigenvalue weighted by Gasteiger charge is -2.20. The SMILES string of the molecule is Cc1ccc(-c2ccc3c(c2)c2ccccc2n3-c2c(-c3cc(-c4ccccc4)nc(-c4ccccc4)n3)cc(C#N)cc2-c2nc(-c3ccccc3)cc(-c3ccccc3)n2)c(C)c1. The summed E-state index contributed by atoms with van der Waals surface area (Å²) in [7, 11) is 0. The lowest BCUT2D eigenvalue weighted by atomic mass is 9.96. The Bertz CT molecular complexity index is 3350. The first kappa shape index (κ1) is 39.1. The maximum atomic E-state index is 10.9. The number of para-hydroxylation sites is 1. The fraction of sp³-hybridized carbons (Fsp3) is 0.0339. The van der Waals surface area contributed by atoms with Gasteiger partial charge < -0.3 is 4.57 Å². The Hall–Kier alpha value is -8.79. The Morgan fingerprint density at radius 1 is 0.385 bits per heavy atom. The quantitative estimate of drug-likeness (QED) is 0.152. The maximum absolute atomic E-state index is 10.9. The zero-order chi connectivity index (χ0) is 43.9. The molecule has 0 aliphatic heterocycles. The summed E-state index contributed by atoms with van der Waals surface area (Å²) in [6.07, 6.45) is 0. The monoisotopic (exact) mass is 832 g/mol. The predicted molar refractivity (Wildman–Crippen MR) is 264 cm³/mol. The Morgan fingerprint density at radius 3 is 1.49 bits per heavy atom.